The van der Waals surface area contributed by atoms with Gasteiger partial charge in [0, 0.05) is 35.6 Å². The number of halogens is 6. The van der Waals surface area contributed by atoms with Gasteiger partial charge in [-0.3, -0.25) is 9.97 Å². The Bertz CT molecular complexity index is 2990. The van der Waals surface area contributed by atoms with Crippen molar-refractivity contribution in [2.45, 2.75) is 0 Å². The molecule has 0 radical (unpaired) electrons. The average Bonchev–Trinajstić information content (AvgIpc) is 3.28. The smallest absolute Gasteiger partial charge is 0.304 e. The van der Waals surface area contributed by atoms with Crippen molar-refractivity contribution < 1.29 is 45.3 Å². The Morgan fingerprint density at radius 1 is 0.339 bits per heavy atom. The van der Waals surface area contributed by atoms with Crippen LogP contribution in [0.2, 0.25) is 0 Å². The van der Waals surface area contributed by atoms with Gasteiger partial charge in [0.25, 0.3) is 0 Å². The van der Waals surface area contributed by atoms with Crippen LogP contribution in [0.5, 0.6) is 0 Å². The minimum atomic E-state index is -10.7. The van der Waals surface area contributed by atoms with Crippen LogP contribution in [0, 0.1) is 12.1 Å². The van der Waals surface area contributed by atoms with Crippen LogP contribution < -0.4 is 0 Å². The summed E-state index contributed by atoms with van der Waals surface area (Å²) in [4.78, 5) is 18.1. The minimum Gasteiger partial charge on any atom is -0.304 e. The Kier molecular flexibility index (Phi) is 12.2. The third kappa shape index (κ3) is 10.8. The van der Waals surface area contributed by atoms with E-state index in [0.29, 0.717) is 0 Å². The van der Waals surface area contributed by atoms with Gasteiger partial charge in [-0.1, -0.05) is 109 Å². The molecule has 0 aliphatic heterocycles. The number of rotatable bonds is 2. The molecule has 4 heterocycles. The van der Waals surface area contributed by atoms with Crippen molar-refractivity contribution in [3.63, 3.8) is 0 Å². The van der Waals surface area contributed by atoms with Gasteiger partial charge < -0.3 is 9.97 Å². The molecule has 11 aromatic rings. The van der Waals surface area contributed by atoms with E-state index in [-0.39, 0.29) is 20.1 Å². The molecular formula is C50H32F6IrN4P. The first-order chi connectivity index (χ1) is 29.3. The van der Waals surface area contributed by atoms with E-state index in [9.17, 15) is 25.2 Å². The molecule has 0 aliphatic carbocycles. The second-order valence-corrected chi connectivity index (χ2v) is 15.7. The Morgan fingerprint density at radius 2 is 0.694 bits per heavy atom. The van der Waals surface area contributed by atoms with Gasteiger partial charge in [-0.2, -0.15) is 0 Å². The summed E-state index contributed by atoms with van der Waals surface area (Å²) in [7, 11) is -10.7. The van der Waals surface area contributed by atoms with Crippen LogP contribution in [0.1, 0.15) is 0 Å². The molecule has 0 fully saturated rings. The van der Waals surface area contributed by atoms with E-state index in [1.807, 2.05) is 73.3 Å². The van der Waals surface area contributed by atoms with Crippen LogP contribution in [0.3, 0.4) is 0 Å². The fourth-order valence-electron chi connectivity index (χ4n) is 7.04. The molecule has 62 heavy (non-hydrogen) atoms. The summed E-state index contributed by atoms with van der Waals surface area (Å²) < 4.78 is 59.2. The van der Waals surface area contributed by atoms with Crippen LogP contribution in [0.15, 0.2) is 195 Å². The van der Waals surface area contributed by atoms with Crippen molar-refractivity contribution in [2.24, 2.45) is 0 Å². The number of aromatic nitrogens is 4. The maximum absolute atomic E-state index is 10.7. The first-order valence-electron chi connectivity index (χ1n) is 18.9. The first kappa shape index (κ1) is 43.4. The zero-order valence-corrected chi connectivity index (χ0v) is 35.6. The molecule has 0 spiro atoms. The molecule has 0 N–H and O–H groups in total. The number of hydrogen-bond donors (Lipinski definition) is 0. The summed E-state index contributed by atoms with van der Waals surface area (Å²) in [6, 6.07) is 64.3. The molecular weight excluding hydrogens is 994 g/mol. The topological polar surface area (TPSA) is 51.6 Å². The summed E-state index contributed by atoms with van der Waals surface area (Å²) in [5.41, 5.74) is 8.71. The number of hydrogen-bond acceptors (Lipinski definition) is 4. The van der Waals surface area contributed by atoms with Crippen molar-refractivity contribution in [3.05, 3.63) is 207 Å². The van der Waals surface area contributed by atoms with Crippen LogP contribution in [-0.2, 0) is 20.1 Å². The molecule has 0 saturated heterocycles. The molecule has 308 valence electrons. The van der Waals surface area contributed by atoms with Crippen LogP contribution in [0.4, 0.5) is 25.2 Å². The Hall–Kier alpha value is -6.64. The quantitative estimate of drug-likeness (QED) is 0.0749. The fraction of sp³-hybridized carbons (Fsp3) is 0. The fourth-order valence-corrected chi connectivity index (χ4v) is 7.04. The number of nitrogens with zero attached hydrogens (tertiary/aromatic N) is 4. The molecule has 0 saturated carbocycles. The van der Waals surface area contributed by atoms with E-state index in [4.69, 9.17) is 0 Å². The monoisotopic (exact) mass is 1030 g/mol. The maximum Gasteiger partial charge on any atom is 3.00 e. The molecule has 0 aliphatic rings. The Morgan fingerprint density at radius 3 is 1.10 bits per heavy atom. The van der Waals surface area contributed by atoms with E-state index in [2.05, 4.69) is 153 Å². The van der Waals surface area contributed by atoms with E-state index in [1.54, 1.807) is 0 Å². The second kappa shape index (κ2) is 17.4. The SMILES string of the molecule is F[P-](F)(F)(F)(F)F.[Ir+3].[c-]1cccc2ccc3cccnc3c12.[c-]1cccc2ccc3cccnc3c12.c1ccc(-c2ccnc3c2ccc2c(-c4ccccc4)ccnc23)cc1. The standard InChI is InChI=1S/C24H16N2.2C13H8N.F6P.Ir/c1-3-7-17(8-4-1)19-13-15-25-23-21(19)11-12-22-20(14-16-26-24(22)23)18-9-5-2-6-10-18;2*1-2-6-12-10(4-1)7-8-11-5-3-9-14-13(11)12;1-7(2,3,4,5)6;/h1-16H;2*1-5,7-9H;;/q;3*-1;+3. The second-order valence-electron chi connectivity index (χ2n) is 13.8. The van der Waals surface area contributed by atoms with Crippen LogP contribution in [-0.4, -0.2) is 19.9 Å². The minimum absolute atomic E-state index is 0. The van der Waals surface area contributed by atoms with Crippen LogP contribution >= 0.6 is 7.81 Å². The van der Waals surface area contributed by atoms with Gasteiger partial charge in [-0.15, -0.1) is 70.1 Å². The number of benzene rings is 7. The zero-order chi connectivity index (χ0) is 42.5. The average molecular weight is 1030 g/mol. The van der Waals surface area contributed by atoms with Crippen LogP contribution in [0.25, 0.3) is 87.4 Å². The summed E-state index contributed by atoms with van der Waals surface area (Å²) in [6.45, 7) is 0. The molecule has 0 amide bonds. The number of pyridine rings is 4. The predicted octanol–water partition coefficient (Wildman–Crippen LogP) is 15.9. The third-order valence-corrected chi connectivity index (χ3v) is 9.60. The summed E-state index contributed by atoms with van der Waals surface area (Å²) >= 11 is 0. The predicted molar refractivity (Wildman–Crippen MR) is 238 cm³/mol. The number of fused-ring (bicyclic) bond motifs is 9. The van der Waals surface area contributed by atoms with Gasteiger partial charge in [-0.05, 0) is 68.3 Å². The molecule has 0 unspecified atom stereocenters. The van der Waals surface area contributed by atoms with Gasteiger partial charge in [0.2, 0.25) is 0 Å². The molecule has 11 rings (SSSR count). The molecule has 7 aromatic carbocycles. The zero-order valence-electron chi connectivity index (χ0n) is 32.3. The van der Waals surface area contributed by atoms with Gasteiger partial charge in [0.05, 0.1) is 11.0 Å². The van der Waals surface area contributed by atoms with Crippen molar-refractivity contribution in [1.82, 2.24) is 19.9 Å². The van der Waals surface area contributed by atoms with E-state index in [1.165, 1.54) is 43.8 Å². The van der Waals surface area contributed by atoms with Gasteiger partial charge in [-0.25, -0.2) is 0 Å². The molecule has 4 nitrogen and oxygen atoms in total. The van der Waals surface area contributed by atoms with E-state index >= 15 is 0 Å². The Balaban J connectivity index is 0.000000137. The van der Waals surface area contributed by atoms with Crippen molar-refractivity contribution in [1.29, 1.82) is 0 Å². The van der Waals surface area contributed by atoms with Gasteiger partial charge >= 0.3 is 53.1 Å². The Labute approximate surface area is 365 Å². The van der Waals surface area contributed by atoms with E-state index in [0.717, 1.165) is 43.6 Å². The molecule has 12 heteroatoms. The van der Waals surface area contributed by atoms with E-state index < -0.39 is 7.81 Å². The van der Waals surface area contributed by atoms with Crippen molar-refractivity contribution >= 4 is 73.0 Å². The molecule has 0 bridgehead atoms. The molecule has 0 atom stereocenters. The largest absolute Gasteiger partial charge is 3.00 e. The van der Waals surface area contributed by atoms with Gasteiger partial charge in [0.1, 0.15) is 0 Å². The maximum atomic E-state index is 9.87. The first-order valence-corrected chi connectivity index (χ1v) is 20.9. The summed E-state index contributed by atoms with van der Waals surface area (Å²) in [6.07, 6.45) is 7.40. The van der Waals surface area contributed by atoms with Crippen molar-refractivity contribution in [2.75, 3.05) is 0 Å². The van der Waals surface area contributed by atoms with Crippen molar-refractivity contribution in [3.8, 4) is 22.3 Å². The normalized spacial score (nSPS) is 12.2. The third-order valence-electron chi connectivity index (χ3n) is 9.60. The summed E-state index contributed by atoms with van der Waals surface area (Å²) in [5.74, 6) is 0. The molecule has 4 aromatic heterocycles. The summed E-state index contributed by atoms with van der Waals surface area (Å²) in [5, 5.41) is 9.19. The van der Waals surface area contributed by atoms with Gasteiger partial charge in [0.15, 0.2) is 0 Å².